The van der Waals surface area contributed by atoms with E-state index in [0.29, 0.717) is 16.9 Å². The van der Waals surface area contributed by atoms with Crippen LogP contribution in [-0.2, 0) is 6.54 Å². The molecule has 0 spiro atoms. The van der Waals surface area contributed by atoms with Crippen LogP contribution in [0.4, 0.5) is 5.69 Å². The maximum Gasteiger partial charge on any atom is 0.279 e. The minimum absolute atomic E-state index is 0.0523. The molecule has 0 unspecified atom stereocenters. The van der Waals surface area contributed by atoms with Crippen molar-refractivity contribution in [2.75, 3.05) is 0 Å². The standard InChI is InChI=1S/C19H17N3O3S/c1-3-21-17(14-7-5-4-6-8-14)13(2)26-19(21)20-18(23)15-9-11-16(12-10-15)22(24)25/h4-12H,3H2,1-2H3. The summed E-state index contributed by atoms with van der Waals surface area (Å²) in [5.41, 5.74) is 2.40. The molecule has 0 N–H and O–H groups in total. The molecule has 0 bridgehead atoms. The largest absolute Gasteiger partial charge is 0.316 e. The van der Waals surface area contributed by atoms with Gasteiger partial charge in [0.05, 0.1) is 10.6 Å². The van der Waals surface area contributed by atoms with Gasteiger partial charge in [0.2, 0.25) is 0 Å². The molecule has 1 aromatic heterocycles. The smallest absolute Gasteiger partial charge is 0.279 e. The predicted octanol–water partition coefficient (Wildman–Crippen LogP) is 4.19. The van der Waals surface area contributed by atoms with Crippen LogP contribution < -0.4 is 4.80 Å². The highest BCUT2D eigenvalue weighted by Crippen LogP contribution is 2.25. The Balaban J connectivity index is 2.03. The molecule has 0 aliphatic rings. The van der Waals surface area contributed by atoms with Crippen LogP contribution in [0.1, 0.15) is 22.2 Å². The van der Waals surface area contributed by atoms with Gasteiger partial charge in [-0.1, -0.05) is 30.3 Å². The zero-order valence-electron chi connectivity index (χ0n) is 14.4. The molecule has 0 fully saturated rings. The van der Waals surface area contributed by atoms with Crippen molar-refractivity contribution in [3.63, 3.8) is 0 Å². The first kappa shape index (κ1) is 17.8. The zero-order chi connectivity index (χ0) is 18.7. The first-order valence-electron chi connectivity index (χ1n) is 8.10. The highest BCUT2D eigenvalue weighted by atomic mass is 32.1. The Kier molecular flexibility index (Phi) is 5.09. The molecule has 0 saturated heterocycles. The molecule has 7 heteroatoms. The van der Waals surface area contributed by atoms with Crippen LogP contribution in [0.5, 0.6) is 0 Å². The lowest BCUT2D eigenvalue weighted by Gasteiger charge is -2.07. The molecular formula is C19H17N3O3S. The lowest BCUT2D eigenvalue weighted by Crippen LogP contribution is -2.17. The van der Waals surface area contributed by atoms with Crippen molar-refractivity contribution in [1.82, 2.24) is 4.57 Å². The number of non-ortho nitro benzene ring substituents is 1. The van der Waals surface area contributed by atoms with E-state index in [1.807, 2.05) is 48.7 Å². The van der Waals surface area contributed by atoms with E-state index in [0.717, 1.165) is 16.1 Å². The van der Waals surface area contributed by atoms with Crippen molar-refractivity contribution in [2.45, 2.75) is 20.4 Å². The normalized spacial score (nSPS) is 11.5. The number of carbonyl (C=O) groups is 1. The molecule has 3 rings (SSSR count). The van der Waals surface area contributed by atoms with E-state index in [1.54, 1.807) is 0 Å². The number of benzene rings is 2. The second kappa shape index (κ2) is 7.45. The number of aromatic nitrogens is 1. The van der Waals surface area contributed by atoms with E-state index >= 15 is 0 Å². The van der Waals surface area contributed by atoms with Crippen molar-refractivity contribution in [2.24, 2.45) is 4.99 Å². The third-order valence-corrected chi connectivity index (χ3v) is 4.96. The number of amides is 1. The highest BCUT2D eigenvalue weighted by Gasteiger charge is 2.13. The zero-order valence-corrected chi connectivity index (χ0v) is 15.2. The Morgan fingerprint density at radius 2 is 1.81 bits per heavy atom. The van der Waals surface area contributed by atoms with E-state index in [1.165, 1.54) is 35.6 Å². The second-order valence-electron chi connectivity index (χ2n) is 5.62. The summed E-state index contributed by atoms with van der Waals surface area (Å²) in [4.78, 5) is 28.7. The number of hydrogen-bond donors (Lipinski definition) is 0. The van der Waals surface area contributed by atoms with Gasteiger partial charge < -0.3 is 4.57 Å². The fourth-order valence-electron chi connectivity index (χ4n) is 2.73. The van der Waals surface area contributed by atoms with Crippen LogP contribution in [0.25, 0.3) is 11.3 Å². The fraction of sp³-hybridized carbons (Fsp3) is 0.158. The van der Waals surface area contributed by atoms with Crippen LogP contribution in [-0.4, -0.2) is 15.4 Å². The monoisotopic (exact) mass is 367 g/mol. The van der Waals surface area contributed by atoms with Crippen molar-refractivity contribution in [3.8, 4) is 11.3 Å². The molecule has 0 atom stereocenters. The summed E-state index contributed by atoms with van der Waals surface area (Å²) in [6.07, 6.45) is 0. The van der Waals surface area contributed by atoms with E-state index in [-0.39, 0.29) is 5.69 Å². The Hall–Kier alpha value is -3.06. The lowest BCUT2D eigenvalue weighted by atomic mass is 10.1. The Bertz CT molecular complexity index is 1020. The fourth-order valence-corrected chi connectivity index (χ4v) is 3.79. The van der Waals surface area contributed by atoms with E-state index < -0.39 is 10.8 Å². The summed E-state index contributed by atoms with van der Waals surface area (Å²) in [6, 6.07) is 15.5. The third-order valence-electron chi connectivity index (χ3n) is 3.96. The number of hydrogen-bond acceptors (Lipinski definition) is 4. The van der Waals surface area contributed by atoms with Gasteiger partial charge in [-0.25, -0.2) is 0 Å². The summed E-state index contributed by atoms with van der Waals surface area (Å²) >= 11 is 1.46. The predicted molar refractivity (Wildman–Crippen MR) is 101 cm³/mol. The molecule has 6 nitrogen and oxygen atoms in total. The molecule has 3 aromatic rings. The van der Waals surface area contributed by atoms with Crippen LogP contribution in [0, 0.1) is 17.0 Å². The maximum absolute atomic E-state index is 12.5. The van der Waals surface area contributed by atoms with Crippen molar-refractivity contribution < 1.29 is 9.72 Å². The number of nitro groups is 1. The highest BCUT2D eigenvalue weighted by molar-refractivity contribution is 7.09. The molecular weight excluding hydrogens is 350 g/mol. The van der Waals surface area contributed by atoms with Crippen LogP contribution in [0.2, 0.25) is 0 Å². The van der Waals surface area contributed by atoms with Crippen molar-refractivity contribution >= 4 is 22.9 Å². The van der Waals surface area contributed by atoms with Gasteiger partial charge in [-0.3, -0.25) is 14.9 Å². The van der Waals surface area contributed by atoms with Gasteiger partial charge in [0.15, 0.2) is 4.80 Å². The molecule has 0 aliphatic carbocycles. The van der Waals surface area contributed by atoms with Gasteiger partial charge in [-0.2, -0.15) is 4.99 Å². The van der Waals surface area contributed by atoms with Crippen molar-refractivity contribution in [1.29, 1.82) is 0 Å². The van der Waals surface area contributed by atoms with Gasteiger partial charge in [0.1, 0.15) is 0 Å². The Labute approximate surface area is 154 Å². The summed E-state index contributed by atoms with van der Waals surface area (Å²) < 4.78 is 2.01. The molecule has 1 heterocycles. The second-order valence-corrected chi connectivity index (χ2v) is 6.80. The minimum atomic E-state index is -0.495. The lowest BCUT2D eigenvalue weighted by molar-refractivity contribution is -0.384. The maximum atomic E-state index is 12.5. The Morgan fingerprint density at radius 1 is 1.15 bits per heavy atom. The van der Waals surface area contributed by atoms with E-state index in [4.69, 9.17) is 0 Å². The van der Waals surface area contributed by atoms with Crippen molar-refractivity contribution in [3.05, 3.63) is 80.0 Å². The first-order chi connectivity index (χ1) is 12.5. The molecule has 2 aromatic carbocycles. The quantitative estimate of drug-likeness (QED) is 0.512. The molecule has 0 aliphatic heterocycles. The SMILES string of the molecule is CCn1c(-c2ccccc2)c(C)sc1=NC(=O)c1ccc([N+](=O)[O-])cc1. The molecule has 1 amide bonds. The summed E-state index contributed by atoms with van der Waals surface area (Å²) in [5, 5.41) is 10.7. The first-order valence-corrected chi connectivity index (χ1v) is 8.92. The number of rotatable bonds is 4. The molecule has 26 heavy (non-hydrogen) atoms. The van der Waals surface area contributed by atoms with Crippen LogP contribution in [0.15, 0.2) is 59.6 Å². The van der Waals surface area contributed by atoms with Gasteiger partial charge >= 0.3 is 0 Å². The number of thiazole rings is 1. The minimum Gasteiger partial charge on any atom is -0.316 e. The molecule has 132 valence electrons. The topological polar surface area (TPSA) is 77.5 Å². The third kappa shape index (κ3) is 3.48. The average Bonchev–Trinajstić information content (AvgIpc) is 2.97. The van der Waals surface area contributed by atoms with Gasteiger partial charge in [0.25, 0.3) is 11.6 Å². The van der Waals surface area contributed by atoms with Gasteiger partial charge in [-0.15, -0.1) is 11.3 Å². The number of carbonyl (C=O) groups excluding carboxylic acids is 1. The van der Waals surface area contributed by atoms with Gasteiger partial charge in [-0.05, 0) is 31.5 Å². The summed E-state index contributed by atoms with van der Waals surface area (Å²) in [7, 11) is 0. The molecule has 0 radical (unpaired) electrons. The number of nitrogens with zero attached hydrogens (tertiary/aromatic N) is 3. The van der Waals surface area contributed by atoms with E-state index in [2.05, 4.69) is 4.99 Å². The van der Waals surface area contributed by atoms with Gasteiger partial charge in [0, 0.05) is 29.1 Å². The Morgan fingerprint density at radius 3 is 2.38 bits per heavy atom. The average molecular weight is 367 g/mol. The summed E-state index contributed by atoms with van der Waals surface area (Å²) in [6.45, 7) is 4.70. The van der Waals surface area contributed by atoms with Crippen LogP contribution >= 0.6 is 11.3 Å². The molecule has 0 saturated carbocycles. The summed E-state index contributed by atoms with van der Waals surface area (Å²) in [5.74, 6) is -0.414. The number of nitro benzene ring substituents is 1. The van der Waals surface area contributed by atoms with E-state index in [9.17, 15) is 14.9 Å². The van der Waals surface area contributed by atoms with Crippen LogP contribution in [0.3, 0.4) is 0 Å². The number of aryl methyl sites for hydroxylation is 1.